The van der Waals surface area contributed by atoms with Crippen LogP contribution in [0, 0.1) is 0 Å². The quantitative estimate of drug-likeness (QED) is 0.785. The maximum absolute atomic E-state index is 11.2. The molecule has 0 amide bonds. The Labute approximate surface area is 97.4 Å². The molecule has 5 heteroatoms. The van der Waals surface area contributed by atoms with E-state index in [9.17, 15) is 4.79 Å². The van der Waals surface area contributed by atoms with Gasteiger partial charge in [0.1, 0.15) is 6.54 Å². The summed E-state index contributed by atoms with van der Waals surface area (Å²) in [7, 11) is 1.39. The summed E-state index contributed by atoms with van der Waals surface area (Å²) >= 11 is 3.39. The number of hydrogen-bond donors (Lipinski definition) is 0. The standard InChI is InChI=1S/C10H13BrN2O2/c1-3-13(7-10(14)15-2)9-4-5-12-6-8(9)11/h4-6H,3,7H2,1-2H3. The maximum Gasteiger partial charge on any atom is 0.325 e. The third-order valence-corrected chi connectivity index (χ3v) is 2.63. The number of ether oxygens (including phenoxy) is 1. The van der Waals surface area contributed by atoms with E-state index in [1.807, 2.05) is 17.9 Å². The largest absolute Gasteiger partial charge is 0.468 e. The first-order chi connectivity index (χ1) is 7.19. The monoisotopic (exact) mass is 272 g/mol. The van der Waals surface area contributed by atoms with Crippen molar-refractivity contribution in [3.05, 3.63) is 22.9 Å². The van der Waals surface area contributed by atoms with Gasteiger partial charge in [-0.3, -0.25) is 9.78 Å². The number of rotatable bonds is 4. The molecule has 0 radical (unpaired) electrons. The average molecular weight is 273 g/mol. The molecule has 0 aliphatic rings. The van der Waals surface area contributed by atoms with Gasteiger partial charge in [-0.1, -0.05) is 0 Å². The second-order valence-corrected chi connectivity index (χ2v) is 3.77. The number of nitrogens with zero attached hydrogens (tertiary/aromatic N) is 2. The molecule has 15 heavy (non-hydrogen) atoms. The first-order valence-corrected chi connectivity index (χ1v) is 5.39. The number of esters is 1. The Kier molecular flexibility index (Phi) is 4.55. The SMILES string of the molecule is CCN(CC(=O)OC)c1ccncc1Br. The zero-order chi connectivity index (χ0) is 11.3. The first kappa shape index (κ1) is 12.0. The summed E-state index contributed by atoms with van der Waals surface area (Å²) in [6.45, 7) is 2.96. The van der Waals surface area contributed by atoms with Crippen LogP contribution >= 0.6 is 15.9 Å². The zero-order valence-electron chi connectivity index (χ0n) is 8.74. The molecule has 0 bridgehead atoms. The Morgan fingerprint density at radius 3 is 2.93 bits per heavy atom. The first-order valence-electron chi connectivity index (χ1n) is 4.60. The number of methoxy groups -OCH3 is 1. The molecular formula is C10H13BrN2O2. The minimum absolute atomic E-state index is 0.246. The maximum atomic E-state index is 11.2. The lowest BCUT2D eigenvalue weighted by Crippen LogP contribution is -2.30. The zero-order valence-corrected chi connectivity index (χ0v) is 10.3. The Morgan fingerprint density at radius 2 is 2.40 bits per heavy atom. The third-order valence-electron chi connectivity index (χ3n) is 2.02. The van der Waals surface area contributed by atoms with Gasteiger partial charge < -0.3 is 9.64 Å². The highest BCUT2D eigenvalue weighted by atomic mass is 79.9. The van der Waals surface area contributed by atoms with Crippen LogP contribution in [0.1, 0.15) is 6.92 Å². The fourth-order valence-corrected chi connectivity index (χ4v) is 1.71. The van der Waals surface area contributed by atoms with Crippen molar-refractivity contribution >= 4 is 27.6 Å². The van der Waals surface area contributed by atoms with E-state index in [-0.39, 0.29) is 12.5 Å². The molecule has 1 rings (SSSR count). The molecule has 1 aromatic rings. The van der Waals surface area contributed by atoms with Crippen LogP contribution < -0.4 is 4.90 Å². The lowest BCUT2D eigenvalue weighted by molar-refractivity contribution is -0.138. The molecule has 0 N–H and O–H groups in total. The molecule has 0 unspecified atom stereocenters. The second kappa shape index (κ2) is 5.70. The highest BCUT2D eigenvalue weighted by Gasteiger charge is 2.12. The molecule has 0 fully saturated rings. The van der Waals surface area contributed by atoms with Gasteiger partial charge in [0.2, 0.25) is 0 Å². The van der Waals surface area contributed by atoms with Crippen LogP contribution in [0.15, 0.2) is 22.9 Å². The molecule has 0 atom stereocenters. The molecule has 0 aliphatic heterocycles. The Balaban J connectivity index is 2.83. The van der Waals surface area contributed by atoms with E-state index in [4.69, 9.17) is 0 Å². The predicted molar refractivity (Wildman–Crippen MR) is 61.8 cm³/mol. The van der Waals surface area contributed by atoms with Gasteiger partial charge in [0.15, 0.2) is 0 Å². The molecule has 82 valence electrons. The number of hydrogen-bond acceptors (Lipinski definition) is 4. The molecule has 0 saturated carbocycles. The third kappa shape index (κ3) is 3.20. The Morgan fingerprint density at radius 1 is 1.67 bits per heavy atom. The number of carbonyl (C=O) groups excluding carboxylic acids is 1. The van der Waals surface area contributed by atoms with E-state index in [1.54, 1.807) is 12.4 Å². The minimum Gasteiger partial charge on any atom is -0.468 e. The summed E-state index contributed by atoms with van der Waals surface area (Å²) in [5, 5.41) is 0. The number of halogens is 1. The summed E-state index contributed by atoms with van der Waals surface area (Å²) in [6.07, 6.45) is 3.40. The summed E-state index contributed by atoms with van der Waals surface area (Å²) < 4.78 is 5.50. The smallest absolute Gasteiger partial charge is 0.325 e. The van der Waals surface area contributed by atoms with Gasteiger partial charge in [-0.2, -0.15) is 0 Å². The van der Waals surface area contributed by atoms with Crippen molar-refractivity contribution in [2.45, 2.75) is 6.92 Å². The van der Waals surface area contributed by atoms with Crippen molar-refractivity contribution in [2.24, 2.45) is 0 Å². The molecule has 1 aromatic heterocycles. The molecular weight excluding hydrogens is 260 g/mol. The van der Waals surface area contributed by atoms with Crippen LogP contribution in [0.3, 0.4) is 0 Å². The molecule has 0 saturated heterocycles. The Bertz CT molecular complexity index is 344. The van der Waals surface area contributed by atoms with Crippen molar-refractivity contribution in [3.63, 3.8) is 0 Å². The number of pyridine rings is 1. The number of anilines is 1. The van der Waals surface area contributed by atoms with Crippen LogP contribution in [0.2, 0.25) is 0 Å². The van der Waals surface area contributed by atoms with Crippen LogP contribution in [0.4, 0.5) is 5.69 Å². The van der Waals surface area contributed by atoms with Crippen molar-refractivity contribution < 1.29 is 9.53 Å². The minimum atomic E-state index is -0.249. The lowest BCUT2D eigenvalue weighted by atomic mass is 10.3. The van der Waals surface area contributed by atoms with Crippen molar-refractivity contribution in [1.29, 1.82) is 0 Å². The van der Waals surface area contributed by atoms with Crippen LogP contribution in [0.5, 0.6) is 0 Å². The highest BCUT2D eigenvalue weighted by Crippen LogP contribution is 2.24. The van der Waals surface area contributed by atoms with Gasteiger partial charge in [-0.15, -0.1) is 0 Å². The van der Waals surface area contributed by atoms with Crippen molar-refractivity contribution in [1.82, 2.24) is 4.98 Å². The Hall–Kier alpha value is -1.10. The van der Waals surface area contributed by atoms with E-state index in [2.05, 4.69) is 25.7 Å². The summed E-state index contributed by atoms with van der Waals surface area (Å²) in [5.41, 5.74) is 0.943. The fourth-order valence-electron chi connectivity index (χ4n) is 1.21. The lowest BCUT2D eigenvalue weighted by Gasteiger charge is -2.22. The predicted octanol–water partition coefficient (Wildman–Crippen LogP) is 1.84. The van der Waals surface area contributed by atoms with Crippen LogP contribution in [0.25, 0.3) is 0 Å². The molecule has 1 heterocycles. The average Bonchev–Trinajstić information content (AvgIpc) is 2.26. The van der Waals surface area contributed by atoms with E-state index in [1.165, 1.54) is 7.11 Å². The van der Waals surface area contributed by atoms with E-state index >= 15 is 0 Å². The van der Waals surface area contributed by atoms with E-state index < -0.39 is 0 Å². The topological polar surface area (TPSA) is 42.4 Å². The van der Waals surface area contributed by atoms with Gasteiger partial charge in [0, 0.05) is 18.9 Å². The second-order valence-electron chi connectivity index (χ2n) is 2.92. The van der Waals surface area contributed by atoms with Crippen molar-refractivity contribution in [2.75, 3.05) is 25.1 Å². The molecule has 0 aromatic carbocycles. The van der Waals surface area contributed by atoms with E-state index in [0.29, 0.717) is 0 Å². The van der Waals surface area contributed by atoms with Gasteiger partial charge in [-0.25, -0.2) is 0 Å². The highest BCUT2D eigenvalue weighted by molar-refractivity contribution is 9.10. The van der Waals surface area contributed by atoms with Crippen LogP contribution in [-0.4, -0.2) is 31.2 Å². The van der Waals surface area contributed by atoms with Crippen molar-refractivity contribution in [3.8, 4) is 0 Å². The van der Waals surface area contributed by atoms with Gasteiger partial charge in [0.05, 0.1) is 17.3 Å². The van der Waals surface area contributed by atoms with Crippen LogP contribution in [-0.2, 0) is 9.53 Å². The number of aromatic nitrogens is 1. The molecule has 0 spiro atoms. The summed E-state index contributed by atoms with van der Waals surface area (Å²) in [5.74, 6) is -0.249. The van der Waals surface area contributed by atoms with Gasteiger partial charge in [0.25, 0.3) is 0 Å². The molecule has 4 nitrogen and oxygen atoms in total. The van der Waals surface area contributed by atoms with E-state index in [0.717, 1.165) is 16.7 Å². The number of carbonyl (C=O) groups is 1. The summed E-state index contributed by atoms with van der Waals surface area (Å²) in [4.78, 5) is 17.1. The molecule has 0 aliphatic carbocycles. The normalized spacial score (nSPS) is 9.80. The summed E-state index contributed by atoms with van der Waals surface area (Å²) in [6, 6.07) is 1.86. The van der Waals surface area contributed by atoms with Gasteiger partial charge >= 0.3 is 5.97 Å². The fraction of sp³-hybridized carbons (Fsp3) is 0.400. The number of likely N-dealkylation sites (N-methyl/N-ethyl adjacent to an activating group) is 1. The van der Waals surface area contributed by atoms with Gasteiger partial charge in [-0.05, 0) is 28.9 Å².